The van der Waals surface area contributed by atoms with Gasteiger partial charge in [0.15, 0.2) is 5.54 Å². The van der Waals surface area contributed by atoms with Crippen LogP contribution < -0.4 is 0 Å². The first kappa shape index (κ1) is 17.0. The lowest BCUT2D eigenvalue weighted by molar-refractivity contribution is -0.154. The summed E-state index contributed by atoms with van der Waals surface area (Å²) in [6.45, 7) is 6.07. The lowest BCUT2D eigenvalue weighted by Crippen LogP contribution is -2.53. The van der Waals surface area contributed by atoms with Gasteiger partial charge < -0.3 is 14.7 Å². The predicted molar refractivity (Wildman–Crippen MR) is 86.7 cm³/mol. The first-order valence-corrected chi connectivity index (χ1v) is 8.60. The Kier molecular flexibility index (Phi) is 4.62. The highest BCUT2D eigenvalue weighted by atomic mass is 16.5. The summed E-state index contributed by atoms with van der Waals surface area (Å²) in [7, 11) is 0. The molecule has 0 saturated carbocycles. The number of hydrogen-bond acceptors (Lipinski definition) is 4. The fourth-order valence-corrected chi connectivity index (χ4v) is 3.51. The van der Waals surface area contributed by atoms with E-state index in [1.54, 1.807) is 15.8 Å². The summed E-state index contributed by atoms with van der Waals surface area (Å²) in [5.41, 5.74) is -0.173. The molecule has 3 rings (SSSR count). The van der Waals surface area contributed by atoms with Crippen LogP contribution in [0.4, 0.5) is 0 Å². The number of carbonyl (C=O) groups is 2. The summed E-state index contributed by atoms with van der Waals surface area (Å²) < 4.78 is 6.88. The van der Waals surface area contributed by atoms with Crippen molar-refractivity contribution in [2.75, 3.05) is 26.3 Å². The van der Waals surface area contributed by atoms with E-state index in [-0.39, 0.29) is 17.7 Å². The van der Waals surface area contributed by atoms with E-state index in [1.165, 1.54) is 0 Å². The summed E-state index contributed by atoms with van der Waals surface area (Å²) in [4.78, 5) is 26.3. The molecule has 0 spiro atoms. The molecule has 132 valence electrons. The van der Waals surface area contributed by atoms with Gasteiger partial charge in [0.05, 0.1) is 18.2 Å². The maximum Gasteiger partial charge on any atom is 0.331 e. The van der Waals surface area contributed by atoms with Gasteiger partial charge in [-0.2, -0.15) is 5.10 Å². The van der Waals surface area contributed by atoms with E-state index in [0.717, 1.165) is 12.1 Å². The molecule has 2 aliphatic heterocycles. The zero-order valence-corrected chi connectivity index (χ0v) is 14.3. The van der Waals surface area contributed by atoms with Crippen LogP contribution in [0.2, 0.25) is 0 Å². The first-order valence-electron chi connectivity index (χ1n) is 8.60. The maximum absolute atomic E-state index is 12.5. The molecule has 0 bridgehead atoms. The Morgan fingerprint density at radius 3 is 2.58 bits per heavy atom. The van der Waals surface area contributed by atoms with Gasteiger partial charge in [-0.25, -0.2) is 4.79 Å². The third kappa shape index (κ3) is 2.92. The van der Waals surface area contributed by atoms with Crippen LogP contribution in [0.5, 0.6) is 0 Å². The number of aliphatic carboxylic acids is 1. The average molecular weight is 335 g/mol. The molecular weight excluding hydrogens is 310 g/mol. The Hall–Kier alpha value is -1.89. The topological polar surface area (TPSA) is 84.7 Å². The monoisotopic (exact) mass is 335 g/mol. The van der Waals surface area contributed by atoms with Crippen LogP contribution in [0, 0.1) is 5.92 Å². The number of rotatable bonds is 4. The van der Waals surface area contributed by atoms with Gasteiger partial charge in [-0.3, -0.25) is 9.48 Å². The smallest absolute Gasteiger partial charge is 0.331 e. The molecule has 0 aromatic carbocycles. The largest absolute Gasteiger partial charge is 0.479 e. The Morgan fingerprint density at radius 2 is 2.08 bits per heavy atom. The van der Waals surface area contributed by atoms with Crippen LogP contribution in [0.25, 0.3) is 0 Å². The minimum Gasteiger partial charge on any atom is -0.479 e. The molecule has 0 aliphatic carbocycles. The highest BCUT2D eigenvalue weighted by molar-refractivity contribution is 5.81. The molecule has 1 amide bonds. The van der Waals surface area contributed by atoms with E-state index < -0.39 is 11.5 Å². The number of nitrogens with zero attached hydrogens (tertiary/aromatic N) is 3. The van der Waals surface area contributed by atoms with Crippen LogP contribution in [0.3, 0.4) is 0 Å². The van der Waals surface area contributed by atoms with Crippen LogP contribution in [0.15, 0.2) is 12.3 Å². The summed E-state index contributed by atoms with van der Waals surface area (Å²) >= 11 is 0. The fraction of sp³-hybridized carbons (Fsp3) is 0.706. The van der Waals surface area contributed by atoms with Crippen LogP contribution in [-0.4, -0.2) is 58.0 Å². The van der Waals surface area contributed by atoms with Crippen molar-refractivity contribution < 1.29 is 19.4 Å². The Bertz CT molecular complexity index is 611. The normalized spacial score (nSPS) is 23.6. The molecule has 0 unspecified atom stereocenters. The molecule has 2 fully saturated rings. The number of piperidine rings is 1. The number of ether oxygens (including phenoxy) is 1. The lowest BCUT2D eigenvalue weighted by Gasteiger charge is -2.39. The van der Waals surface area contributed by atoms with Crippen molar-refractivity contribution in [1.82, 2.24) is 14.7 Å². The van der Waals surface area contributed by atoms with Crippen molar-refractivity contribution in [1.29, 1.82) is 0 Å². The van der Waals surface area contributed by atoms with Gasteiger partial charge in [0.2, 0.25) is 5.91 Å². The zero-order chi connectivity index (χ0) is 17.3. The van der Waals surface area contributed by atoms with E-state index in [2.05, 4.69) is 5.10 Å². The molecular formula is C17H25N3O4. The number of carboxylic acids is 1. The number of amides is 1. The van der Waals surface area contributed by atoms with Crippen molar-refractivity contribution in [3.05, 3.63) is 18.0 Å². The number of hydrogen-bond donors (Lipinski definition) is 1. The van der Waals surface area contributed by atoms with E-state index in [4.69, 9.17) is 4.74 Å². The second-order valence-electron chi connectivity index (χ2n) is 7.06. The summed E-state index contributed by atoms with van der Waals surface area (Å²) in [6.07, 6.45) is 3.27. The van der Waals surface area contributed by atoms with Gasteiger partial charge in [0, 0.05) is 38.7 Å². The average Bonchev–Trinajstić information content (AvgIpc) is 3.25. The molecule has 7 nitrogen and oxygen atoms in total. The molecule has 7 heteroatoms. The van der Waals surface area contributed by atoms with E-state index in [1.807, 2.05) is 19.9 Å². The van der Waals surface area contributed by atoms with Crippen LogP contribution in [0.1, 0.15) is 44.7 Å². The fourth-order valence-electron chi connectivity index (χ4n) is 3.51. The van der Waals surface area contributed by atoms with Gasteiger partial charge in [-0.05, 0) is 18.4 Å². The van der Waals surface area contributed by atoms with E-state index in [9.17, 15) is 14.7 Å². The molecule has 1 atom stereocenters. The van der Waals surface area contributed by atoms with Crippen molar-refractivity contribution in [3.8, 4) is 0 Å². The molecule has 1 aromatic rings. The Morgan fingerprint density at radius 1 is 1.38 bits per heavy atom. The summed E-state index contributed by atoms with van der Waals surface area (Å²) in [6, 6.07) is 1.88. The quantitative estimate of drug-likeness (QED) is 0.900. The third-order valence-electron chi connectivity index (χ3n) is 5.22. The number of likely N-dealkylation sites (tertiary alicyclic amines) is 1. The van der Waals surface area contributed by atoms with Crippen LogP contribution in [-0.2, 0) is 19.9 Å². The van der Waals surface area contributed by atoms with Crippen molar-refractivity contribution >= 4 is 11.9 Å². The molecule has 2 saturated heterocycles. The minimum atomic E-state index is -1.06. The van der Waals surface area contributed by atoms with Crippen molar-refractivity contribution in [2.24, 2.45) is 5.92 Å². The van der Waals surface area contributed by atoms with Gasteiger partial charge in [0.1, 0.15) is 0 Å². The molecule has 0 radical (unpaired) electrons. The predicted octanol–water partition coefficient (Wildman–Crippen LogP) is 1.45. The molecule has 1 aromatic heterocycles. The van der Waals surface area contributed by atoms with Gasteiger partial charge in [-0.15, -0.1) is 0 Å². The SMILES string of the molecule is CC(C)c1ccn(C2(C(=O)O)CCN(C(=O)[C@H]3CCOC3)CC2)n1. The highest BCUT2D eigenvalue weighted by Crippen LogP contribution is 2.32. The van der Waals surface area contributed by atoms with Gasteiger partial charge in [0.25, 0.3) is 0 Å². The highest BCUT2D eigenvalue weighted by Gasteiger charge is 2.45. The van der Waals surface area contributed by atoms with Crippen LogP contribution >= 0.6 is 0 Å². The van der Waals surface area contributed by atoms with Gasteiger partial charge in [-0.1, -0.05) is 13.8 Å². The number of carbonyl (C=O) groups excluding carboxylic acids is 1. The Labute approximate surface area is 141 Å². The molecule has 2 aliphatic rings. The zero-order valence-electron chi connectivity index (χ0n) is 14.3. The summed E-state index contributed by atoms with van der Waals surface area (Å²) in [5.74, 6) is -0.604. The van der Waals surface area contributed by atoms with E-state index >= 15 is 0 Å². The lowest BCUT2D eigenvalue weighted by atomic mass is 9.87. The number of carboxylic acid groups (broad SMARTS) is 1. The second kappa shape index (κ2) is 6.55. The van der Waals surface area contributed by atoms with Crippen molar-refractivity contribution in [3.63, 3.8) is 0 Å². The second-order valence-corrected chi connectivity index (χ2v) is 7.06. The minimum absolute atomic E-state index is 0.0698. The van der Waals surface area contributed by atoms with E-state index in [0.29, 0.717) is 39.1 Å². The standard InChI is InChI=1S/C17H25N3O4/c1-12(2)14-3-7-20(18-14)17(16(22)23)5-8-19(9-6-17)15(21)13-4-10-24-11-13/h3,7,12-13H,4-6,8-11H2,1-2H3,(H,22,23)/t13-/m0/s1. The molecule has 1 N–H and O–H groups in total. The Balaban J connectivity index is 1.74. The molecule has 24 heavy (non-hydrogen) atoms. The van der Waals surface area contributed by atoms with Gasteiger partial charge >= 0.3 is 5.97 Å². The summed E-state index contributed by atoms with van der Waals surface area (Å²) in [5, 5.41) is 14.3. The number of aromatic nitrogens is 2. The third-order valence-corrected chi connectivity index (χ3v) is 5.22. The van der Waals surface area contributed by atoms with Crippen molar-refractivity contribution in [2.45, 2.75) is 44.6 Å². The first-order chi connectivity index (χ1) is 11.4. The maximum atomic E-state index is 12.5. The molecule has 3 heterocycles.